The van der Waals surface area contributed by atoms with Gasteiger partial charge in [0.2, 0.25) is 0 Å². The van der Waals surface area contributed by atoms with Gasteiger partial charge in [-0.15, -0.1) is 0 Å². The Hall–Kier alpha value is -4.45. The third kappa shape index (κ3) is 4.34. The zero-order chi connectivity index (χ0) is 22.5. The molecule has 0 unspecified atom stereocenters. The fraction of sp³-hybridized carbons (Fsp3) is 0.0385. The third-order valence-corrected chi connectivity index (χ3v) is 5.08. The lowest BCUT2D eigenvalue weighted by molar-refractivity contribution is -0.139. The number of amides is 1. The number of aliphatic imine (C=N–C) groups is 1. The predicted molar refractivity (Wildman–Crippen MR) is 124 cm³/mol. The van der Waals surface area contributed by atoms with Crippen LogP contribution in [0.15, 0.2) is 96.0 Å². The molecule has 32 heavy (non-hydrogen) atoms. The van der Waals surface area contributed by atoms with Gasteiger partial charge in [-0.3, -0.25) is 9.79 Å². The highest BCUT2D eigenvalue weighted by Crippen LogP contribution is 2.27. The normalized spacial score (nSPS) is 12.0. The molecule has 0 aliphatic carbocycles. The molecule has 0 radical (unpaired) electrons. The first-order chi connectivity index (χ1) is 15.5. The van der Waals surface area contributed by atoms with E-state index in [0.29, 0.717) is 16.8 Å². The molecule has 4 aromatic rings. The lowest BCUT2D eigenvalue weighted by Crippen LogP contribution is -2.33. The van der Waals surface area contributed by atoms with Gasteiger partial charge in [0.1, 0.15) is 5.75 Å². The van der Waals surface area contributed by atoms with E-state index in [0.717, 1.165) is 10.8 Å². The van der Waals surface area contributed by atoms with Gasteiger partial charge in [-0.1, -0.05) is 72.8 Å². The Morgan fingerprint density at radius 1 is 0.844 bits per heavy atom. The fourth-order valence-electron chi connectivity index (χ4n) is 3.47. The summed E-state index contributed by atoms with van der Waals surface area (Å²) in [5.41, 5.74) is 1.58. The summed E-state index contributed by atoms with van der Waals surface area (Å²) in [4.78, 5) is 29.1. The molecule has 0 bridgehead atoms. The Kier molecular flexibility index (Phi) is 5.94. The number of fused-ring (bicyclic) bond motifs is 1. The second kappa shape index (κ2) is 9.14. The van der Waals surface area contributed by atoms with Crippen molar-refractivity contribution in [1.29, 1.82) is 0 Å². The minimum absolute atomic E-state index is 0.0735. The summed E-state index contributed by atoms with van der Waals surface area (Å²) in [5, 5.41) is 24.3. The summed E-state index contributed by atoms with van der Waals surface area (Å²) >= 11 is 0. The van der Waals surface area contributed by atoms with E-state index < -0.39 is 17.9 Å². The van der Waals surface area contributed by atoms with Crippen molar-refractivity contribution in [3.8, 4) is 5.75 Å². The molecule has 0 spiro atoms. The van der Waals surface area contributed by atoms with Crippen LogP contribution in [0.5, 0.6) is 5.75 Å². The van der Waals surface area contributed by atoms with Crippen molar-refractivity contribution in [3.05, 3.63) is 108 Å². The van der Waals surface area contributed by atoms with Crippen LogP contribution in [0.2, 0.25) is 0 Å². The topological polar surface area (TPSA) is 99.0 Å². The molecule has 4 aromatic carbocycles. The van der Waals surface area contributed by atoms with Crippen molar-refractivity contribution in [2.24, 2.45) is 4.99 Å². The van der Waals surface area contributed by atoms with E-state index in [-0.39, 0.29) is 11.3 Å². The van der Waals surface area contributed by atoms with Gasteiger partial charge in [0, 0.05) is 11.8 Å². The van der Waals surface area contributed by atoms with Gasteiger partial charge in [-0.2, -0.15) is 0 Å². The van der Waals surface area contributed by atoms with E-state index >= 15 is 0 Å². The molecule has 0 aliphatic heterocycles. The Bertz CT molecular complexity index is 1320. The number of hydrogen-bond acceptors (Lipinski definition) is 4. The van der Waals surface area contributed by atoms with Crippen molar-refractivity contribution in [2.75, 3.05) is 0 Å². The summed E-state index contributed by atoms with van der Waals surface area (Å²) in [5.74, 6) is -1.65. The number of aromatic hydroxyl groups is 1. The molecule has 6 nitrogen and oxygen atoms in total. The van der Waals surface area contributed by atoms with Gasteiger partial charge in [0.15, 0.2) is 6.04 Å². The Balaban J connectivity index is 1.66. The van der Waals surface area contributed by atoms with E-state index in [4.69, 9.17) is 0 Å². The van der Waals surface area contributed by atoms with E-state index in [2.05, 4.69) is 10.3 Å². The Morgan fingerprint density at radius 2 is 1.53 bits per heavy atom. The Morgan fingerprint density at radius 3 is 2.31 bits per heavy atom. The molecule has 3 N–H and O–H groups in total. The predicted octanol–water partition coefficient (Wildman–Crippen LogP) is 4.85. The summed E-state index contributed by atoms with van der Waals surface area (Å²) < 4.78 is 0. The zero-order valence-electron chi connectivity index (χ0n) is 17.0. The molecule has 0 fully saturated rings. The van der Waals surface area contributed by atoms with Crippen LogP contribution in [-0.2, 0) is 4.79 Å². The first-order valence-electron chi connectivity index (χ1n) is 9.97. The lowest BCUT2D eigenvalue weighted by Gasteiger charge is -2.15. The van der Waals surface area contributed by atoms with Crippen molar-refractivity contribution >= 4 is 34.6 Å². The molecule has 1 atom stereocenters. The number of para-hydroxylation sites is 1. The van der Waals surface area contributed by atoms with Crippen molar-refractivity contribution < 1.29 is 19.8 Å². The van der Waals surface area contributed by atoms with Crippen LogP contribution in [0.1, 0.15) is 27.5 Å². The van der Waals surface area contributed by atoms with Crippen LogP contribution in [0.4, 0.5) is 5.69 Å². The molecule has 0 aliphatic rings. The minimum atomic E-state index is -1.19. The van der Waals surface area contributed by atoms with Crippen LogP contribution < -0.4 is 5.32 Å². The molecule has 0 heterocycles. The molecule has 0 saturated carbocycles. The number of phenolic OH excluding ortho intramolecular Hbond substituents is 1. The molecular weight excluding hydrogens is 404 g/mol. The number of aliphatic carboxylic acids is 1. The van der Waals surface area contributed by atoms with Crippen molar-refractivity contribution in [3.63, 3.8) is 0 Å². The van der Waals surface area contributed by atoms with Gasteiger partial charge in [-0.05, 0) is 34.5 Å². The smallest absolute Gasteiger partial charge is 0.330 e. The number of benzene rings is 4. The number of nitrogens with one attached hydrogen (secondary N) is 1. The largest absolute Gasteiger partial charge is 0.507 e. The molecule has 1 amide bonds. The maximum absolute atomic E-state index is 12.9. The molecule has 0 aromatic heterocycles. The molecule has 4 rings (SSSR count). The summed E-state index contributed by atoms with van der Waals surface area (Å²) in [7, 11) is 0. The summed E-state index contributed by atoms with van der Waals surface area (Å²) in [6.07, 6.45) is 1.51. The molecular formula is C26H20N2O4. The van der Waals surface area contributed by atoms with Crippen molar-refractivity contribution in [1.82, 2.24) is 5.32 Å². The second-order valence-electron chi connectivity index (χ2n) is 7.15. The van der Waals surface area contributed by atoms with Gasteiger partial charge in [0.05, 0.1) is 11.3 Å². The van der Waals surface area contributed by atoms with Crippen LogP contribution in [-0.4, -0.2) is 28.3 Å². The van der Waals surface area contributed by atoms with Crippen LogP contribution in [0.25, 0.3) is 10.8 Å². The van der Waals surface area contributed by atoms with Gasteiger partial charge >= 0.3 is 5.97 Å². The number of rotatable bonds is 6. The van der Waals surface area contributed by atoms with Crippen molar-refractivity contribution in [2.45, 2.75) is 6.04 Å². The highest BCUT2D eigenvalue weighted by molar-refractivity contribution is 6.05. The summed E-state index contributed by atoms with van der Waals surface area (Å²) in [6.45, 7) is 0. The first-order valence-corrected chi connectivity index (χ1v) is 9.97. The van der Waals surface area contributed by atoms with Gasteiger partial charge in [-0.25, -0.2) is 4.79 Å². The number of phenols is 1. The van der Waals surface area contributed by atoms with Crippen LogP contribution >= 0.6 is 0 Å². The number of carbonyl (C=O) groups excluding carboxylic acids is 1. The Labute approximate surface area is 184 Å². The molecule has 0 saturated heterocycles. The maximum atomic E-state index is 12.9. The first kappa shape index (κ1) is 20.8. The molecule has 6 heteroatoms. The number of nitrogens with zero attached hydrogens (tertiary/aromatic N) is 1. The molecule has 158 valence electrons. The van der Waals surface area contributed by atoms with E-state index in [1.807, 2.05) is 30.3 Å². The summed E-state index contributed by atoms with van der Waals surface area (Å²) in [6, 6.07) is 25.0. The monoisotopic (exact) mass is 424 g/mol. The van der Waals surface area contributed by atoms with E-state index in [1.165, 1.54) is 6.21 Å². The van der Waals surface area contributed by atoms with Crippen LogP contribution in [0, 0.1) is 0 Å². The SMILES string of the molecule is O=C(N[C@H](C(=O)O)c1ccccc1)c1ccccc1N=Cc1c(O)ccc2ccccc12. The van der Waals surface area contributed by atoms with Gasteiger partial charge in [0.25, 0.3) is 5.91 Å². The highest BCUT2D eigenvalue weighted by Gasteiger charge is 2.23. The number of hydrogen-bond donors (Lipinski definition) is 3. The number of carboxylic acid groups (broad SMARTS) is 1. The third-order valence-electron chi connectivity index (χ3n) is 5.08. The standard InChI is InChI=1S/C26H20N2O4/c29-23-15-14-17-8-4-5-11-19(17)21(23)16-27-22-13-7-6-12-20(22)25(30)28-24(26(31)32)18-9-2-1-3-10-18/h1-16,24,29H,(H,28,30)(H,31,32)/t24-/m0/s1. The van der Waals surface area contributed by atoms with Gasteiger partial charge < -0.3 is 15.5 Å². The highest BCUT2D eigenvalue weighted by atomic mass is 16.4. The number of carboxylic acids is 1. The average molecular weight is 424 g/mol. The number of carbonyl (C=O) groups is 2. The van der Waals surface area contributed by atoms with E-state index in [1.54, 1.807) is 60.7 Å². The second-order valence-corrected chi connectivity index (χ2v) is 7.15. The quantitative estimate of drug-likeness (QED) is 0.385. The fourth-order valence-corrected chi connectivity index (χ4v) is 3.47. The minimum Gasteiger partial charge on any atom is -0.507 e. The van der Waals surface area contributed by atoms with Crippen LogP contribution in [0.3, 0.4) is 0 Å². The lowest BCUT2D eigenvalue weighted by atomic mass is 10.0. The average Bonchev–Trinajstić information content (AvgIpc) is 2.82. The maximum Gasteiger partial charge on any atom is 0.330 e. The van der Waals surface area contributed by atoms with E-state index in [9.17, 15) is 19.8 Å². The zero-order valence-corrected chi connectivity index (χ0v) is 17.0.